The summed E-state index contributed by atoms with van der Waals surface area (Å²) in [6, 6.07) is 9.27. The Labute approximate surface area is 216 Å². The van der Waals surface area contributed by atoms with Crippen LogP contribution in [-0.2, 0) is 16.1 Å². The first-order chi connectivity index (χ1) is 17.7. The van der Waals surface area contributed by atoms with Gasteiger partial charge in [-0.3, -0.25) is 15.1 Å². The van der Waals surface area contributed by atoms with E-state index in [2.05, 4.69) is 31.2 Å². The Morgan fingerprint density at radius 3 is 2.43 bits per heavy atom. The molecule has 3 rings (SSSR count). The maximum Gasteiger partial charge on any atom is 0.407 e. The minimum Gasteiger partial charge on any atom is -0.444 e. The van der Waals surface area contributed by atoms with E-state index in [1.54, 1.807) is 39.4 Å². The van der Waals surface area contributed by atoms with E-state index in [0.29, 0.717) is 31.9 Å². The van der Waals surface area contributed by atoms with Crippen LogP contribution in [0.25, 0.3) is 21.9 Å². The number of ether oxygens (including phenoxy) is 1. The normalized spacial score (nSPS) is 11.0. The van der Waals surface area contributed by atoms with Gasteiger partial charge in [-0.15, -0.1) is 0 Å². The molecule has 0 radical (unpaired) electrons. The highest BCUT2D eigenvalue weighted by Gasteiger charge is 2.16. The van der Waals surface area contributed by atoms with E-state index in [0.717, 1.165) is 27.5 Å². The largest absolute Gasteiger partial charge is 0.444 e. The van der Waals surface area contributed by atoms with E-state index in [1.165, 1.54) is 0 Å². The van der Waals surface area contributed by atoms with Crippen molar-refractivity contribution in [3.8, 4) is 11.1 Å². The van der Waals surface area contributed by atoms with E-state index in [4.69, 9.17) is 4.74 Å². The number of urea groups is 1. The van der Waals surface area contributed by atoms with Crippen molar-refractivity contribution in [2.45, 2.75) is 52.7 Å². The van der Waals surface area contributed by atoms with Crippen molar-refractivity contribution in [3.63, 3.8) is 0 Å². The fourth-order valence-corrected chi connectivity index (χ4v) is 3.66. The van der Waals surface area contributed by atoms with Crippen LogP contribution in [0.2, 0.25) is 0 Å². The van der Waals surface area contributed by atoms with Crippen LogP contribution in [-0.4, -0.2) is 46.7 Å². The van der Waals surface area contributed by atoms with Crippen LogP contribution in [0, 0.1) is 0 Å². The van der Waals surface area contributed by atoms with Crippen LogP contribution in [0.4, 0.5) is 15.4 Å². The molecule has 10 heteroatoms. The number of hydrogen-bond acceptors (Lipinski definition) is 6. The molecule has 0 saturated carbocycles. The minimum absolute atomic E-state index is 0.125. The fraction of sp³-hybridized carbons (Fsp3) is 0.370. The predicted molar refractivity (Wildman–Crippen MR) is 143 cm³/mol. The molecule has 2 aromatic heterocycles. The minimum atomic E-state index is -0.565. The zero-order chi connectivity index (χ0) is 26.8. The molecule has 0 unspecified atom stereocenters. The second-order valence-corrected chi connectivity index (χ2v) is 9.42. The molecule has 2 heterocycles. The van der Waals surface area contributed by atoms with Gasteiger partial charge in [-0.2, -0.15) is 0 Å². The zero-order valence-electron chi connectivity index (χ0n) is 21.7. The van der Waals surface area contributed by atoms with Crippen molar-refractivity contribution in [1.82, 2.24) is 25.9 Å². The third-order valence-electron chi connectivity index (χ3n) is 5.29. The predicted octanol–water partition coefficient (Wildman–Crippen LogP) is 4.36. The van der Waals surface area contributed by atoms with Crippen LogP contribution in [0.15, 0.2) is 48.9 Å². The van der Waals surface area contributed by atoms with E-state index in [9.17, 15) is 14.4 Å². The second-order valence-electron chi connectivity index (χ2n) is 9.42. The molecule has 3 aromatic rings. The quantitative estimate of drug-likeness (QED) is 0.319. The van der Waals surface area contributed by atoms with Gasteiger partial charge < -0.3 is 20.7 Å². The number of nitrogens with one attached hydrogen (secondary N) is 4. The number of benzene rings is 1. The number of carbonyl (C=O) groups is 3. The van der Waals surface area contributed by atoms with Gasteiger partial charge in [0.25, 0.3) is 0 Å². The summed E-state index contributed by atoms with van der Waals surface area (Å²) in [5, 5.41) is 12.8. The molecule has 0 atom stereocenters. The molecule has 196 valence electrons. The number of hydrogen-bond donors (Lipinski definition) is 4. The molecule has 4 amide bonds. The lowest BCUT2D eigenvalue weighted by atomic mass is 9.96. The summed E-state index contributed by atoms with van der Waals surface area (Å²) in [4.78, 5) is 44.6. The van der Waals surface area contributed by atoms with Crippen LogP contribution in [0.1, 0.15) is 46.1 Å². The van der Waals surface area contributed by atoms with Crippen LogP contribution in [0.3, 0.4) is 0 Å². The fourth-order valence-electron chi connectivity index (χ4n) is 3.66. The lowest BCUT2D eigenvalue weighted by Crippen LogP contribution is -2.33. The van der Waals surface area contributed by atoms with Gasteiger partial charge in [0.05, 0.1) is 0 Å². The molecule has 0 fully saturated rings. The Morgan fingerprint density at radius 2 is 1.73 bits per heavy atom. The Bertz CT molecular complexity index is 1240. The maximum absolute atomic E-state index is 12.4. The smallest absolute Gasteiger partial charge is 0.407 e. The zero-order valence-corrected chi connectivity index (χ0v) is 21.7. The Hall–Kier alpha value is -4.21. The summed E-state index contributed by atoms with van der Waals surface area (Å²) in [5.74, 6) is 0.298. The molecule has 10 nitrogen and oxygen atoms in total. The van der Waals surface area contributed by atoms with Crippen molar-refractivity contribution in [2.24, 2.45) is 0 Å². The monoisotopic (exact) mass is 506 g/mol. The summed E-state index contributed by atoms with van der Waals surface area (Å²) in [7, 11) is 0. The molecule has 0 bridgehead atoms. The summed E-state index contributed by atoms with van der Waals surface area (Å²) in [5.41, 5.74) is 2.26. The van der Waals surface area contributed by atoms with Gasteiger partial charge in [0.15, 0.2) is 0 Å². The Kier molecular flexibility index (Phi) is 9.37. The molecule has 0 saturated heterocycles. The lowest BCUT2D eigenvalue weighted by Gasteiger charge is -2.19. The number of nitrogens with zero attached hydrogens (tertiary/aromatic N) is 2. The number of anilines is 1. The first-order valence-electron chi connectivity index (χ1n) is 12.3. The standard InChI is InChI=1S/C27H34N6O4/c1-5-29-25(35)33-23-15-21-20(18-10-13-28-14-11-18)9-8-19(22(21)17-31-23)16-32-24(34)7-6-12-30-26(36)37-27(2,3)4/h8-11,13-15,17H,5-7,12,16H2,1-4H3,(H,30,36)(H,32,34)(H2,29,31,33,35). The highest BCUT2D eigenvalue weighted by atomic mass is 16.6. The molecule has 0 aliphatic rings. The van der Waals surface area contributed by atoms with Crippen molar-refractivity contribution in [3.05, 3.63) is 54.5 Å². The Morgan fingerprint density at radius 1 is 0.973 bits per heavy atom. The number of aromatic nitrogens is 2. The van der Waals surface area contributed by atoms with Crippen LogP contribution < -0.4 is 21.3 Å². The summed E-state index contributed by atoms with van der Waals surface area (Å²) in [6.45, 7) is 8.39. The number of amides is 4. The molecular formula is C27H34N6O4. The molecule has 0 spiro atoms. The molecule has 37 heavy (non-hydrogen) atoms. The third-order valence-corrected chi connectivity index (χ3v) is 5.29. The molecular weight excluding hydrogens is 472 g/mol. The lowest BCUT2D eigenvalue weighted by molar-refractivity contribution is -0.121. The van der Waals surface area contributed by atoms with Crippen molar-refractivity contribution >= 4 is 34.6 Å². The average molecular weight is 507 g/mol. The van der Waals surface area contributed by atoms with Gasteiger partial charge in [-0.25, -0.2) is 14.6 Å². The third kappa shape index (κ3) is 8.45. The number of rotatable bonds is 9. The summed E-state index contributed by atoms with van der Waals surface area (Å²) < 4.78 is 5.19. The highest BCUT2D eigenvalue weighted by Crippen LogP contribution is 2.31. The number of fused-ring (bicyclic) bond motifs is 1. The molecule has 1 aromatic carbocycles. The highest BCUT2D eigenvalue weighted by molar-refractivity contribution is 6.01. The van der Waals surface area contributed by atoms with Crippen molar-refractivity contribution in [1.29, 1.82) is 0 Å². The topological polar surface area (TPSA) is 134 Å². The number of carbonyl (C=O) groups excluding carboxylic acids is 3. The summed E-state index contributed by atoms with van der Waals surface area (Å²) >= 11 is 0. The summed E-state index contributed by atoms with van der Waals surface area (Å²) in [6.07, 6.45) is 5.41. The van der Waals surface area contributed by atoms with E-state index < -0.39 is 11.7 Å². The van der Waals surface area contributed by atoms with Gasteiger partial charge in [0.1, 0.15) is 11.4 Å². The van der Waals surface area contributed by atoms with Gasteiger partial charge in [-0.05, 0) is 74.4 Å². The first-order valence-corrected chi connectivity index (χ1v) is 12.3. The average Bonchev–Trinajstić information content (AvgIpc) is 2.84. The van der Waals surface area contributed by atoms with Crippen molar-refractivity contribution in [2.75, 3.05) is 18.4 Å². The molecule has 4 N–H and O–H groups in total. The first kappa shape index (κ1) is 27.4. The van der Waals surface area contributed by atoms with Crippen LogP contribution in [0.5, 0.6) is 0 Å². The van der Waals surface area contributed by atoms with E-state index in [-0.39, 0.29) is 18.4 Å². The van der Waals surface area contributed by atoms with E-state index in [1.807, 2.05) is 37.3 Å². The number of alkyl carbamates (subject to hydrolysis) is 1. The van der Waals surface area contributed by atoms with Gasteiger partial charge in [0.2, 0.25) is 5.91 Å². The molecule has 0 aliphatic carbocycles. The van der Waals surface area contributed by atoms with E-state index >= 15 is 0 Å². The Balaban J connectivity index is 1.69. The van der Waals surface area contributed by atoms with Gasteiger partial charge in [0, 0.05) is 50.0 Å². The number of pyridine rings is 2. The van der Waals surface area contributed by atoms with Gasteiger partial charge >= 0.3 is 12.1 Å². The molecule has 0 aliphatic heterocycles. The van der Waals surface area contributed by atoms with Gasteiger partial charge in [-0.1, -0.05) is 12.1 Å². The maximum atomic E-state index is 12.4. The van der Waals surface area contributed by atoms with Crippen molar-refractivity contribution < 1.29 is 19.1 Å². The van der Waals surface area contributed by atoms with Crippen LogP contribution >= 0.6 is 0 Å². The second kappa shape index (κ2) is 12.7. The SMILES string of the molecule is CCNC(=O)Nc1cc2c(-c3ccncc3)ccc(CNC(=O)CCCNC(=O)OC(C)(C)C)c2cn1.